The van der Waals surface area contributed by atoms with Crippen LogP contribution in [0.2, 0.25) is 0 Å². The molecule has 0 aliphatic rings. The van der Waals surface area contributed by atoms with Crippen LogP contribution in [0.15, 0.2) is 35.7 Å². The molecular formula is C18H27N2O5. The van der Waals surface area contributed by atoms with E-state index in [0.717, 1.165) is 38.5 Å². The standard InChI is InChI=1S/C18H27N2O5/c1-2-17(19(22)23)14-15-18(20(24)25)13-11-9-7-5-3-4-6-8-10-12-16-21/h7,9,13-14H,2-6,8,10-12,15H2,1H3/b9-7+,17-14-,18-13-. The molecule has 7 heteroatoms. The zero-order valence-electron chi connectivity index (χ0n) is 14.8. The first-order valence-electron chi connectivity index (χ1n) is 8.69. The maximum Gasteiger partial charge on any atom is 0.246 e. The predicted octanol–water partition coefficient (Wildman–Crippen LogP) is 4.89. The predicted molar refractivity (Wildman–Crippen MR) is 96.8 cm³/mol. The lowest BCUT2D eigenvalue weighted by atomic mass is 10.1. The van der Waals surface area contributed by atoms with E-state index in [1.807, 2.05) is 18.4 Å². The van der Waals surface area contributed by atoms with Crippen molar-refractivity contribution < 1.29 is 14.6 Å². The van der Waals surface area contributed by atoms with Gasteiger partial charge in [-0.3, -0.25) is 25.0 Å². The largest absolute Gasteiger partial charge is 0.291 e. The topological polar surface area (TPSA) is 103 Å². The monoisotopic (exact) mass is 351 g/mol. The maximum absolute atomic E-state index is 11.0. The fourth-order valence-electron chi connectivity index (χ4n) is 2.21. The number of allylic oxidation sites excluding steroid dienone is 5. The molecule has 0 unspecified atom stereocenters. The lowest BCUT2D eigenvalue weighted by molar-refractivity contribution is -0.432. The van der Waals surface area contributed by atoms with Crippen molar-refractivity contribution in [3.05, 3.63) is 55.9 Å². The van der Waals surface area contributed by atoms with Crippen LogP contribution in [0.1, 0.15) is 71.1 Å². The highest BCUT2D eigenvalue weighted by molar-refractivity contribution is 5.50. The third kappa shape index (κ3) is 12.7. The lowest BCUT2D eigenvalue weighted by Gasteiger charge is -1.97. The molecule has 0 aromatic carbocycles. The van der Waals surface area contributed by atoms with E-state index in [2.05, 4.69) is 0 Å². The minimum Gasteiger partial charge on any atom is -0.291 e. The van der Waals surface area contributed by atoms with E-state index in [4.69, 9.17) is 0 Å². The third-order valence-electron chi connectivity index (χ3n) is 3.68. The molecule has 0 heterocycles. The molecule has 0 saturated heterocycles. The summed E-state index contributed by atoms with van der Waals surface area (Å²) >= 11 is 0. The van der Waals surface area contributed by atoms with Crippen molar-refractivity contribution in [2.45, 2.75) is 71.1 Å². The first-order valence-corrected chi connectivity index (χ1v) is 8.69. The molecule has 0 fully saturated rings. The summed E-state index contributed by atoms with van der Waals surface area (Å²) < 4.78 is 0. The average Bonchev–Trinajstić information content (AvgIpc) is 2.57. The van der Waals surface area contributed by atoms with Gasteiger partial charge in [-0.1, -0.05) is 38.3 Å². The zero-order chi connectivity index (χ0) is 18.9. The van der Waals surface area contributed by atoms with Gasteiger partial charge in [-0.2, -0.15) is 0 Å². The fourth-order valence-corrected chi connectivity index (χ4v) is 2.21. The van der Waals surface area contributed by atoms with Gasteiger partial charge in [0, 0.05) is 12.8 Å². The van der Waals surface area contributed by atoms with E-state index < -0.39 is 9.85 Å². The van der Waals surface area contributed by atoms with Crippen LogP contribution in [-0.2, 0) is 4.79 Å². The normalized spacial score (nSPS) is 12.5. The molecule has 0 bridgehead atoms. The van der Waals surface area contributed by atoms with Gasteiger partial charge in [0.15, 0.2) is 6.29 Å². The molecule has 25 heavy (non-hydrogen) atoms. The summed E-state index contributed by atoms with van der Waals surface area (Å²) in [4.78, 5) is 30.7. The van der Waals surface area contributed by atoms with E-state index in [-0.39, 0.29) is 24.2 Å². The third-order valence-corrected chi connectivity index (χ3v) is 3.68. The second-order valence-electron chi connectivity index (χ2n) is 5.62. The molecule has 0 amide bonds. The average molecular weight is 351 g/mol. The van der Waals surface area contributed by atoms with Crippen molar-refractivity contribution in [2.75, 3.05) is 0 Å². The summed E-state index contributed by atoms with van der Waals surface area (Å²) in [6.07, 6.45) is 15.8. The highest BCUT2D eigenvalue weighted by Crippen LogP contribution is 2.11. The van der Waals surface area contributed by atoms with Crippen molar-refractivity contribution in [3.63, 3.8) is 0 Å². The lowest BCUT2D eigenvalue weighted by Crippen LogP contribution is -2.01. The van der Waals surface area contributed by atoms with E-state index >= 15 is 0 Å². The van der Waals surface area contributed by atoms with E-state index in [9.17, 15) is 25.0 Å². The number of nitro groups is 2. The highest BCUT2D eigenvalue weighted by atomic mass is 16.6. The van der Waals surface area contributed by atoms with E-state index in [1.54, 1.807) is 6.92 Å². The summed E-state index contributed by atoms with van der Waals surface area (Å²) in [6.45, 7) is 1.65. The molecule has 1 radical (unpaired) electrons. The van der Waals surface area contributed by atoms with Crippen molar-refractivity contribution in [1.29, 1.82) is 0 Å². The Morgan fingerprint density at radius 2 is 1.56 bits per heavy atom. The molecule has 0 aromatic rings. The maximum atomic E-state index is 11.0. The number of hydrogen-bond donors (Lipinski definition) is 0. The first-order chi connectivity index (χ1) is 12.0. The molecule has 0 N–H and O–H groups in total. The summed E-state index contributed by atoms with van der Waals surface area (Å²) in [7, 11) is 0. The SMILES string of the molecule is CC/C(=C/C/C(=C/C/C=C/CCCCCCC[C]=O)[N+](=O)[O-])[N+](=O)[O-]. The Kier molecular flexibility index (Phi) is 13.8. The van der Waals surface area contributed by atoms with Gasteiger partial charge >= 0.3 is 0 Å². The Bertz CT molecular complexity index is 510. The summed E-state index contributed by atoms with van der Waals surface area (Å²) in [6, 6.07) is 0. The van der Waals surface area contributed by atoms with Crippen molar-refractivity contribution in [3.8, 4) is 0 Å². The summed E-state index contributed by atoms with van der Waals surface area (Å²) in [5.74, 6) is 0. The minimum atomic E-state index is -0.505. The van der Waals surface area contributed by atoms with Gasteiger partial charge in [-0.15, -0.1) is 0 Å². The number of unbranched alkanes of at least 4 members (excludes halogenated alkanes) is 6. The van der Waals surface area contributed by atoms with Crippen LogP contribution in [0.3, 0.4) is 0 Å². The highest BCUT2D eigenvalue weighted by Gasteiger charge is 2.12. The quantitative estimate of drug-likeness (QED) is 0.181. The van der Waals surface area contributed by atoms with Gasteiger partial charge in [0.25, 0.3) is 0 Å². The molecule has 0 aliphatic heterocycles. The van der Waals surface area contributed by atoms with E-state index in [0.29, 0.717) is 12.8 Å². The molecule has 7 nitrogen and oxygen atoms in total. The van der Waals surface area contributed by atoms with Gasteiger partial charge in [-0.05, 0) is 37.8 Å². The van der Waals surface area contributed by atoms with Crippen LogP contribution >= 0.6 is 0 Å². The Labute approximate surface area is 148 Å². The zero-order valence-corrected chi connectivity index (χ0v) is 14.8. The summed E-state index contributed by atoms with van der Waals surface area (Å²) in [5.41, 5.74) is -0.0289. The first kappa shape index (κ1) is 22.7. The molecule has 0 rings (SSSR count). The van der Waals surface area contributed by atoms with Crippen LogP contribution in [0.5, 0.6) is 0 Å². The molecular weight excluding hydrogens is 324 g/mol. The molecule has 0 atom stereocenters. The number of hydrogen-bond acceptors (Lipinski definition) is 5. The molecule has 139 valence electrons. The van der Waals surface area contributed by atoms with Gasteiger partial charge in [0.05, 0.1) is 16.3 Å². The van der Waals surface area contributed by atoms with Gasteiger partial charge < -0.3 is 0 Å². The van der Waals surface area contributed by atoms with Crippen LogP contribution in [-0.4, -0.2) is 16.1 Å². The number of carbonyl (C=O) groups excluding carboxylic acids is 1. The Morgan fingerprint density at radius 1 is 0.920 bits per heavy atom. The Balaban J connectivity index is 4.13. The van der Waals surface area contributed by atoms with Crippen LogP contribution < -0.4 is 0 Å². The van der Waals surface area contributed by atoms with E-state index in [1.165, 1.54) is 12.2 Å². The van der Waals surface area contributed by atoms with Crippen LogP contribution in [0.4, 0.5) is 0 Å². The van der Waals surface area contributed by atoms with Crippen molar-refractivity contribution in [2.24, 2.45) is 0 Å². The van der Waals surface area contributed by atoms with Crippen LogP contribution in [0, 0.1) is 20.2 Å². The van der Waals surface area contributed by atoms with Gasteiger partial charge in [0.1, 0.15) is 0 Å². The summed E-state index contributed by atoms with van der Waals surface area (Å²) in [5, 5.41) is 21.7. The molecule has 0 aliphatic carbocycles. The smallest absolute Gasteiger partial charge is 0.246 e. The number of rotatable bonds is 15. The molecule has 0 spiro atoms. The minimum absolute atomic E-state index is 0.00525. The van der Waals surface area contributed by atoms with Gasteiger partial charge in [-0.25, -0.2) is 0 Å². The second kappa shape index (κ2) is 15.2. The van der Waals surface area contributed by atoms with Crippen molar-refractivity contribution in [1.82, 2.24) is 0 Å². The molecule has 0 saturated carbocycles. The van der Waals surface area contributed by atoms with Crippen molar-refractivity contribution >= 4 is 6.29 Å². The molecule has 0 aromatic heterocycles. The van der Waals surface area contributed by atoms with Crippen LogP contribution in [0.25, 0.3) is 0 Å². The van der Waals surface area contributed by atoms with Gasteiger partial charge in [0.2, 0.25) is 11.4 Å². The Morgan fingerprint density at radius 3 is 2.16 bits per heavy atom. The second-order valence-corrected chi connectivity index (χ2v) is 5.62. The fraction of sp³-hybridized carbons (Fsp3) is 0.611. The Hall–Kier alpha value is -2.31. The number of nitrogens with zero attached hydrogens (tertiary/aromatic N) is 2.